The first kappa shape index (κ1) is 23.5. The molecule has 0 atom stereocenters. The molecule has 0 saturated heterocycles. The van der Waals surface area contributed by atoms with E-state index in [1.54, 1.807) is 43.3 Å². The average Bonchev–Trinajstić information content (AvgIpc) is 2.79. The summed E-state index contributed by atoms with van der Waals surface area (Å²) in [5.74, 6) is -0.141. The summed E-state index contributed by atoms with van der Waals surface area (Å²) < 4.78 is 33.4. The molecule has 0 unspecified atom stereocenters. The lowest BCUT2D eigenvalue weighted by molar-refractivity contribution is -0.116. The van der Waals surface area contributed by atoms with E-state index in [9.17, 15) is 13.2 Å². The van der Waals surface area contributed by atoms with Crippen LogP contribution in [-0.2, 0) is 26.0 Å². The van der Waals surface area contributed by atoms with E-state index in [-0.39, 0.29) is 10.8 Å². The van der Waals surface area contributed by atoms with Crippen LogP contribution in [0.25, 0.3) is 0 Å². The summed E-state index contributed by atoms with van der Waals surface area (Å²) in [7, 11) is -3.70. The number of hydrogen-bond donors (Lipinski definition) is 2. The number of ether oxygens (including phenoxy) is 1. The quantitative estimate of drug-likeness (QED) is 0.410. The van der Waals surface area contributed by atoms with Crippen LogP contribution >= 0.6 is 0 Å². The van der Waals surface area contributed by atoms with Crippen molar-refractivity contribution in [2.45, 2.75) is 31.1 Å². The van der Waals surface area contributed by atoms with Crippen molar-refractivity contribution in [3.63, 3.8) is 0 Å². The predicted molar refractivity (Wildman–Crippen MR) is 127 cm³/mol. The lowest BCUT2D eigenvalue weighted by atomic mass is 10.2. The van der Waals surface area contributed by atoms with Gasteiger partial charge in [0.1, 0.15) is 0 Å². The maximum atomic E-state index is 12.6. The molecule has 0 saturated carbocycles. The second-order valence-corrected chi connectivity index (χ2v) is 9.13. The van der Waals surface area contributed by atoms with Crippen molar-refractivity contribution < 1.29 is 17.9 Å². The van der Waals surface area contributed by atoms with Gasteiger partial charge in [-0.05, 0) is 55.2 Å². The molecule has 0 aliphatic rings. The first-order valence-corrected chi connectivity index (χ1v) is 12.0. The molecule has 0 heterocycles. The Bertz CT molecular complexity index is 1120. The molecule has 3 rings (SSSR count). The van der Waals surface area contributed by atoms with E-state index in [0.717, 1.165) is 12.0 Å². The van der Waals surface area contributed by atoms with Crippen molar-refractivity contribution in [1.82, 2.24) is 0 Å². The number of carbonyl (C=O) groups is 1. The second-order valence-electron chi connectivity index (χ2n) is 7.45. The topological polar surface area (TPSA) is 84.5 Å². The van der Waals surface area contributed by atoms with Gasteiger partial charge in [-0.25, -0.2) is 8.42 Å². The fourth-order valence-electron chi connectivity index (χ4n) is 3.11. The van der Waals surface area contributed by atoms with E-state index in [0.29, 0.717) is 37.4 Å². The first-order valence-electron chi connectivity index (χ1n) is 10.5. The van der Waals surface area contributed by atoms with Gasteiger partial charge in [0.15, 0.2) is 0 Å². The lowest BCUT2D eigenvalue weighted by Crippen LogP contribution is -2.15. The number of carbonyl (C=O) groups excluding carboxylic acids is 1. The van der Waals surface area contributed by atoms with Crippen molar-refractivity contribution in [3.8, 4) is 0 Å². The van der Waals surface area contributed by atoms with Gasteiger partial charge in [0, 0.05) is 18.7 Å². The van der Waals surface area contributed by atoms with E-state index < -0.39 is 10.0 Å². The number of benzene rings is 3. The Hall–Kier alpha value is -3.16. The van der Waals surface area contributed by atoms with Gasteiger partial charge < -0.3 is 10.1 Å². The fourth-order valence-corrected chi connectivity index (χ4v) is 4.25. The highest BCUT2D eigenvalue weighted by Gasteiger charge is 2.15. The zero-order chi connectivity index (χ0) is 22.8. The smallest absolute Gasteiger partial charge is 0.261 e. The third kappa shape index (κ3) is 7.21. The van der Waals surface area contributed by atoms with Gasteiger partial charge in [-0.2, -0.15) is 0 Å². The number of anilines is 2. The van der Waals surface area contributed by atoms with E-state index in [1.807, 2.05) is 18.2 Å². The molecule has 0 aliphatic carbocycles. The summed E-state index contributed by atoms with van der Waals surface area (Å²) in [6, 6.07) is 23.4. The SMILES string of the molecule is Cc1ccc(NC(=O)CCCOCCc2ccccc2)cc1NS(=O)(=O)c1ccccc1. The lowest BCUT2D eigenvalue weighted by Gasteiger charge is -2.13. The van der Waals surface area contributed by atoms with Gasteiger partial charge in [0.25, 0.3) is 10.0 Å². The molecule has 2 N–H and O–H groups in total. The fraction of sp³-hybridized carbons (Fsp3) is 0.240. The van der Waals surface area contributed by atoms with Crippen LogP contribution in [0.1, 0.15) is 24.0 Å². The van der Waals surface area contributed by atoms with Gasteiger partial charge in [-0.3, -0.25) is 9.52 Å². The van der Waals surface area contributed by atoms with Gasteiger partial charge in [0.2, 0.25) is 5.91 Å². The minimum atomic E-state index is -3.70. The molecule has 0 radical (unpaired) electrons. The normalized spacial score (nSPS) is 11.2. The number of rotatable bonds is 11. The minimum Gasteiger partial charge on any atom is -0.381 e. The average molecular weight is 453 g/mol. The molecular weight excluding hydrogens is 424 g/mol. The molecule has 0 fully saturated rings. The van der Waals surface area contributed by atoms with E-state index >= 15 is 0 Å². The third-order valence-electron chi connectivity index (χ3n) is 4.89. The van der Waals surface area contributed by atoms with Crippen molar-refractivity contribution in [1.29, 1.82) is 0 Å². The highest BCUT2D eigenvalue weighted by atomic mass is 32.2. The molecule has 7 heteroatoms. The zero-order valence-electron chi connectivity index (χ0n) is 18.1. The summed E-state index contributed by atoms with van der Waals surface area (Å²) in [6.07, 6.45) is 1.78. The number of amides is 1. The van der Waals surface area contributed by atoms with Crippen LogP contribution in [0.3, 0.4) is 0 Å². The van der Waals surface area contributed by atoms with E-state index in [1.165, 1.54) is 17.7 Å². The molecule has 6 nitrogen and oxygen atoms in total. The standard InChI is InChI=1S/C25H28N2O4S/c1-20-14-15-22(19-24(20)27-32(29,30)23-11-6-3-7-12-23)26-25(28)13-8-17-31-18-16-21-9-4-2-5-10-21/h2-7,9-12,14-15,19,27H,8,13,16-18H2,1H3,(H,26,28). The molecule has 168 valence electrons. The highest BCUT2D eigenvalue weighted by Crippen LogP contribution is 2.23. The summed E-state index contributed by atoms with van der Waals surface area (Å²) in [5, 5.41) is 2.82. The third-order valence-corrected chi connectivity index (χ3v) is 6.27. The minimum absolute atomic E-state index is 0.141. The molecule has 0 spiro atoms. The number of hydrogen-bond acceptors (Lipinski definition) is 4. The molecule has 1 amide bonds. The molecule has 3 aromatic rings. The largest absolute Gasteiger partial charge is 0.381 e. The zero-order valence-corrected chi connectivity index (χ0v) is 18.9. The Morgan fingerprint density at radius 3 is 2.31 bits per heavy atom. The number of sulfonamides is 1. The monoisotopic (exact) mass is 452 g/mol. The first-order chi connectivity index (χ1) is 15.4. The van der Waals surface area contributed by atoms with Gasteiger partial charge in [-0.1, -0.05) is 54.6 Å². The molecule has 0 aromatic heterocycles. The van der Waals surface area contributed by atoms with Gasteiger partial charge in [-0.15, -0.1) is 0 Å². The van der Waals surface area contributed by atoms with Gasteiger partial charge >= 0.3 is 0 Å². The van der Waals surface area contributed by atoms with E-state index in [4.69, 9.17) is 4.74 Å². The summed E-state index contributed by atoms with van der Waals surface area (Å²) in [4.78, 5) is 12.4. The van der Waals surface area contributed by atoms with Crippen molar-refractivity contribution in [2.24, 2.45) is 0 Å². The molecule has 3 aromatic carbocycles. The molecular formula is C25H28N2O4S. The predicted octanol–water partition coefficient (Wildman–Crippen LogP) is 4.77. The van der Waals surface area contributed by atoms with Crippen LogP contribution in [0.5, 0.6) is 0 Å². The number of nitrogens with one attached hydrogen (secondary N) is 2. The Morgan fingerprint density at radius 2 is 1.59 bits per heavy atom. The summed E-state index contributed by atoms with van der Waals surface area (Å²) in [6.45, 7) is 2.94. The summed E-state index contributed by atoms with van der Waals surface area (Å²) in [5.41, 5.74) is 2.95. The maximum absolute atomic E-state index is 12.6. The van der Waals surface area contributed by atoms with Crippen LogP contribution in [-0.4, -0.2) is 27.5 Å². The van der Waals surface area contributed by atoms with Crippen LogP contribution in [0.15, 0.2) is 83.8 Å². The Balaban J connectivity index is 1.46. The Labute approximate surface area is 189 Å². The number of aryl methyl sites for hydroxylation is 1. The van der Waals surface area contributed by atoms with Crippen LogP contribution in [0.2, 0.25) is 0 Å². The van der Waals surface area contributed by atoms with Crippen LogP contribution < -0.4 is 10.0 Å². The van der Waals surface area contributed by atoms with Crippen molar-refractivity contribution >= 4 is 27.3 Å². The van der Waals surface area contributed by atoms with E-state index in [2.05, 4.69) is 22.2 Å². The maximum Gasteiger partial charge on any atom is 0.261 e. The molecule has 32 heavy (non-hydrogen) atoms. The summed E-state index contributed by atoms with van der Waals surface area (Å²) >= 11 is 0. The van der Waals surface area contributed by atoms with Gasteiger partial charge in [0.05, 0.1) is 17.2 Å². The second kappa shape index (κ2) is 11.5. The van der Waals surface area contributed by atoms with Crippen molar-refractivity contribution in [3.05, 3.63) is 90.0 Å². The van der Waals surface area contributed by atoms with Crippen LogP contribution in [0.4, 0.5) is 11.4 Å². The molecule has 0 aliphatic heterocycles. The van der Waals surface area contributed by atoms with Crippen LogP contribution in [0, 0.1) is 6.92 Å². The Morgan fingerprint density at radius 1 is 0.906 bits per heavy atom. The highest BCUT2D eigenvalue weighted by molar-refractivity contribution is 7.92. The van der Waals surface area contributed by atoms with Crippen molar-refractivity contribution in [2.75, 3.05) is 23.3 Å². The Kier molecular flexibility index (Phi) is 8.41. The molecule has 0 bridgehead atoms.